The molecule has 7 rings (SSSR count). The first-order valence-corrected chi connectivity index (χ1v) is 18.0. The number of imidazole rings is 1. The predicted octanol–water partition coefficient (Wildman–Crippen LogP) is 3.11. The fourth-order valence-corrected chi connectivity index (χ4v) is 8.32. The molecule has 4 aliphatic heterocycles. The molecule has 3 aromatic rings. The summed E-state index contributed by atoms with van der Waals surface area (Å²) in [6, 6.07) is 12.2. The third kappa shape index (κ3) is 6.85. The van der Waals surface area contributed by atoms with Gasteiger partial charge < -0.3 is 29.5 Å². The lowest BCUT2D eigenvalue weighted by atomic mass is 10.0. The van der Waals surface area contributed by atoms with Crippen molar-refractivity contribution in [2.45, 2.75) is 63.6 Å². The summed E-state index contributed by atoms with van der Waals surface area (Å²) in [5, 5.41) is 3.05. The molecular formula is C37H49N7O6. The Balaban J connectivity index is 1.04. The second-order valence-electron chi connectivity index (χ2n) is 14.2. The minimum absolute atomic E-state index is 0.00466. The van der Waals surface area contributed by atoms with Gasteiger partial charge in [-0.25, -0.2) is 14.4 Å². The van der Waals surface area contributed by atoms with Crippen LogP contribution in [0.4, 0.5) is 15.3 Å². The summed E-state index contributed by atoms with van der Waals surface area (Å²) in [6.45, 7) is 7.68. The van der Waals surface area contributed by atoms with Crippen molar-refractivity contribution in [3.63, 3.8) is 0 Å². The smallest absolute Gasteiger partial charge is 0.410 e. The summed E-state index contributed by atoms with van der Waals surface area (Å²) in [5.41, 5.74) is 5.22. The molecule has 3 saturated heterocycles. The highest BCUT2D eigenvalue weighted by atomic mass is 16.6. The molecule has 0 unspecified atom stereocenters. The third-order valence-corrected chi connectivity index (χ3v) is 11.2. The molecular weight excluding hydrogens is 638 g/mol. The molecule has 0 radical (unpaired) electrons. The molecule has 0 spiro atoms. The van der Waals surface area contributed by atoms with Crippen LogP contribution in [0.3, 0.4) is 0 Å². The molecule has 4 amide bonds. The molecule has 1 N–H and O–H groups in total. The average molecular weight is 688 g/mol. The van der Waals surface area contributed by atoms with Crippen LogP contribution in [0.5, 0.6) is 0 Å². The zero-order valence-electron chi connectivity index (χ0n) is 29.4. The Morgan fingerprint density at radius 1 is 0.880 bits per heavy atom. The average Bonchev–Trinajstić information content (AvgIpc) is 3.25. The molecule has 1 aromatic heterocycles. The topological polar surface area (TPSA) is 122 Å². The van der Waals surface area contributed by atoms with E-state index in [9.17, 15) is 19.2 Å². The van der Waals surface area contributed by atoms with E-state index < -0.39 is 12.2 Å². The number of aryl methyl sites for hydroxylation is 3. The van der Waals surface area contributed by atoms with E-state index in [1.165, 1.54) is 0 Å². The van der Waals surface area contributed by atoms with Gasteiger partial charge >= 0.3 is 17.8 Å². The summed E-state index contributed by atoms with van der Waals surface area (Å²) >= 11 is 0. The van der Waals surface area contributed by atoms with Crippen molar-refractivity contribution in [2.24, 2.45) is 14.1 Å². The standard InChI is InChI=1S/C37H49N7O6/c1-25-22-26(23-31-33(25)40(3)36(47)39(31)2)24-32(34(45)42-18-16-41(17-19-42)28-11-20-49-21-12-28)50-37(48)43-13-9-29(10-14-43)44-15-8-27-6-4-5-7-30(27)38-35(44)46/h4-7,22-23,28-29,32H,8-21,24H2,1-3H3,(H,38,46)/t32-/m1/s1. The number of urea groups is 1. The Morgan fingerprint density at radius 2 is 1.60 bits per heavy atom. The number of piperidine rings is 1. The second-order valence-corrected chi connectivity index (χ2v) is 14.2. The summed E-state index contributed by atoms with van der Waals surface area (Å²) in [7, 11) is 3.50. The minimum Gasteiger partial charge on any atom is -0.436 e. The fourth-order valence-electron chi connectivity index (χ4n) is 8.32. The highest BCUT2D eigenvalue weighted by Crippen LogP contribution is 2.26. The Kier molecular flexibility index (Phi) is 9.87. The number of amides is 4. The van der Waals surface area contributed by atoms with Crippen LogP contribution in [-0.4, -0.2) is 124 Å². The van der Waals surface area contributed by atoms with Gasteiger partial charge in [0.1, 0.15) is 0 Å². The summed E-state index contributed by atoms with van der Waals surface area (Å²) in [5.74, 6) is -0.194. The molecule has 0 bridgehead atoms. The first-order valence-electron chi connectivity index (χ1n) is 18.0. The number of nitrogens with one attached hydrogen (secondary N) is 1. The number of nitrogens with zero attached hydrogens (tertiary/aromatic N) is 6. The van der Waals surface area contributed by atoms with Crippen molar-refractivity contribution in [1.82, 2.24) is 28.7 Å². The number of carbonyl (C=O) groups is 3. The number of aromatic nitrogens is 2. The van der Waals surface area contributed by atoms with Crippen LogP contribution < -0.4 is 11.0 Å². The van der Waals surface area contributed by atoms with Crippen LogP contribution >= 0.6 is 0 Å². The maximum absolute atomic E-state index is 14.2. The Morgan fingerprint density at radius 3 is 2.34 bits per heavy atom. The van der Waals surface area contributed by atoms with Crippen LogP contribution in [0, 0.1) is 6.92 Å². The lowest BCUT2D eigenvalue weighted by Crippen LogP contribution is -2.56. The Hall–Kier alpha value is -4.36. The number of benzene rings is 2. The van der Waals surface area contributed by atoms with E-state index in [4.69, 9.17) is 9.47 Å². The van der Waals surface area contributed by atoms with E-state index in [1.54, 1.807) is 28.1 Å². The number of anilines is 1. The van der Waals surface area contributed by atoms with Gasteiger partial charge in [-0.15, -0.1) is 0 Å². The number of ether oxygens (including phenoxy) is 2. The Labute approximate surface area is 292 Å². The van der Waals surface area contributed by atoms with E-state index in [2.05, 4.69) is 10.2 Å². The van der Waals surface area contributed by atoms with Gasteiger partial charge in [0, 0.05) is 97.3 Å². The van der Waals surface area contributed by atoms with Gasteiger partial charge in [-0.1, -0.05) is 24.3 Å². The van der Waals surface area contributed by atoms with Gasteiger partial charge in [-0.05, 0) is 67.9 Å². The van der Waals surface area contributed by atoms with Crippen molar-refractivity contribution < 1.29 is 23.9 Å². The van der Waals surface area contributed by atoms with Gasteiger partial charge in [0.25, 0.3) is 5.91 Å². The maximum atomic E-state index is 14.2. The molecule has 0 aliphatic carbocycles. The lowest BCUT2D eigenvalue weighted by Gasteiger charge is -2.41. The molecule has 0 saturated carbocycles. The summed E-state index contributed by atoms with van der Waals surface area (Å²) < 4.78 is 14.9. The van der Waals surface area contributed by atoms with Crippen molar-refractivity contribution >= 4 is 34.8 Å². The number of likely N-dealkylation sites (tertiary alicyclic amines) is 1. The lowest BCUT2D eigenvalue weighted by molar-refractivity contribution is -0.143. The number of fused-ring (bicyclic) bond motifs is 2. The van der Waals surface area contributed by atoms with Crippen LogP contribution in [-0.2, 0) is 41.2 Å². The molecule has 13 nitrogen and oxygen atoms in total. The van der Waals surface area contributed by atoms with Gasteiger partial charge in [-0.3, -0.25) is 18.8 Å². The first-order chi connectivity index (χ1) is 24.2. The van der Waals surface area contributed by atoms with E-state index in [-0.39, 0.29) is 30.1 Å². The highest BCUT2D eigenvalue weighted by molar-refractivity contribution is 5.91. The molecule has 13 heteroatoms. The van der Waals surface area contributed by atoms with Crippen LogP contribution in [0.1, 0.15) is 42.4 Å². The number of carbonyl (C=O) groups excluding carboxylic acids is 3. The molecule has 268 valence electrons. The number of rotatable bonds is 6. The van der Waals surface area contributed by atoms with Gasteiger partial charge in [-0.2, -0.15) is 0 Å². The largest absolute Gasteiger partial charge is 0.436 e. The molecule has 50 heavy (non-hydrogen) atoms. The minimum atomic E-state index is -1.01. The van der Waals surface area contributed by atoms with Crippen LogP contribution in [0.15, 0.2) is 41.2 Å². The van der Waals surface area contributed by atoms with Crippen molar-refractivity contribution in [2.75, 3.05) is 64.3 Å². The number of para-hydroxylation sites is 1. The molecule has 5 heterocycles. The second kappa shape index (κ2) is 14.5. The van der Waals surface area contributed by atoms with Crippen LogP contribution in [0.2, 0.25) is 0 Å². The number of hydrogen-bond donors (Lipinski definition) is 1. The maximum Gasteiger partial charge on any atom is 0.410 e. The van der Waals surface area contributed by atoms with E-state index in [1.807, 2.05) is 53.1 Å². The summed E-state index contributed by atoms with van der Waals surface area (Å²) in [6.07, 6.45) is 2.72. The zero-order chi connectivity index (χ0) is 34.9. The molecule has 3 fully saturated rings. The zero-order valence-corrected chi connectivity index (χ0v) is 29.4. The van der Waals surface area contributed by atoms with Gasteiger partial charge in [0.2, 0.25) is 0 Å². The molecule has 2 aromatic carbocycles. The quantitative estimate of drug-likeness (QED) is 0.423. The van der Waals surface area contributed by atoms with Crippen molar-refractivity contribution in [1.29, 1.82) is 0 Å². The number of piperazine rings is 1. The molecule has 1 atom stereocenters. The Bertz CT molecular complexity index is 1800. The highest BCUT2D eigenvalue weighted by Gasteiger charge is 2.36. The summed E-state index contributed by atoms with van der Waals surface area (Å²) in [4.78, 5) is 61.6. The predicted molar refractivity (Wildman–Crippen MR) is 189 cm³/mol. The molecule has 4 aliphatic rings. The van der Waals surface area contributed by atoms with Crippen LogP contribution in [0.25, 0.3) is 11.0 Å². The fraction of sp³-hybridized carbons (Fsp3) is 0.568. The van der Waals surface area contributed by atoms with E-state index >= 15 is 0 Å². The van der Waals surface area contributed by atoms with Crippen molar-refractivity contribution in [3.05, 3.63) is 63.6 Å². The first kappa shape index (κ1) is 34.1. The third-order valence-electron chi connectivity index (χ3n) is 11.2. The SMILES string of the molecule is Cc1cc(C[C@@H](OC(=O)N2CCC(N3CCc4ccccc4NC3=O)CC2)C(=O)N2CCN(C3CCOCC3)CC2)cc2c1n(C)c(=O)n2C. The van der Waals surface area contributed by atoms with Gasteiger partial charge in [0.15, 0.2) is 6.10 Å². The van der Waals surface area contributed by atoms with E-state index in [0.29, 0.717) is 51.6 Å². The van der Waals surface area contributed by atoms with Crippen molar-refractivity contribution in [3.8, 4) is 0 Å². The van der Waals surface area contributed by atoms with E-state index in [0.717, 1.165) is 79.0 Å². The number of hydrogen-bond acceptors (Lipinski definition) is 7. The normalized spacial score (nSPS) is 20.4. The van der Waals surface area contributed by atoms with Gasteiger partial charge in [0.05, 0.1) is 11.0 Å². The monoisotopic (exact) mass is 687 g/mol.